The number of hydrogen-bond donors (Lipinski definition) is 2. The zero-order valence-electron chi connectivity index (χ0n) is 12.5. The molecule has 0 aromatic carbocycles. The molecule has 0 radical (unpaired) electrons. The maximum atomic E-state index is 5.59. The van der Waals surface area contributed by atoms with Crippen LogP contribution in [0.3, 0.4) is 0 Å². The number of oxazole rings is 1. The maximum absolute atomic E-state index is 5.59. The first kappa shape index (κ1) is 14.8. The molecule has 112 valence electrons. The van der Waals surface area contributed by atoms with Gasteiger partial charge < -0.3 is 19.8 Å². The molecule has 1 aliphatic rings. The highest BCUT2D eigenvalue weighted by atomic mass is 16.5. The van der Waals surface area contributed by atoms with E-state index in [0.717, 1.165) is 50.0 Å². The molecule has 1 atom stereocenters. The maximum Gasteiger partial charge on any atom is 0.216 e. The van der Waals surface area contributed by atoms with Crippen LogP contribution in [-0.2, 0) is 11.3 Å². The van der Waals surface area contributed by atoms with E-state index in [0.29, 0.717) is 18.5 Å². The SMILES string of the molecule is CCNC(=NCc1nc(C)c(C)o1)NCC1CCCO1. The Kier molecular flexibility index (Phi) is 5.40. The number of nitrogens with zero attached hydrogens (tertiary/aromatic N) is 2. The lowest BCUT2D eigenvalue weighted by molar-refractivity contribution is 0.114. The lowest BCUT2D eigenvalue weighted by atomic mass is 10.2. The summed E-state index contributed by atoms with van der Waals surface area (Å²) in [5, 5.41) is 6.51. The zero-order valence-corrected chi connectivity index (χ0v) is 12.5. The van der Waals surface area contributed by atoms with Gasteiger partial charge in [0.15, 0.2) is 5.96 Å². The van der Waals surface area contributed by atoms with E-state index in [-0.39, 0.29) is 0 Å². The second-order valence-electron chi connectivity index (χ2n) is 4.96. The molecule has 0 amide bonds. The molecular formula is C14H24N4O2. The fourth-order valence-electron chi connectivity index (χ4n) is 2.11. The van der Waals surface area contributed by atoms with Crippen molar-refractivity contribution in [3.63, 3.8) is 0 Å². The van der Waals surface area contributed by atoms with Gasteiger partial charge in [-0.15, -0.1) is 0 Å². The molecule has 6 heteroatoms. The highest BCUT2D eigenvalue weighted by Crippen LogP contribution is 2.11. The molecule has 1 unspecified atom stereocenters. The van der Waals surface area contributed by atoms with E-state index in [4.69, 9.17) is 9.15 Å². The third kappa shape index (κ3) is 4.23. The Morgan fingerprint density at radius 3 is 2.85 bits per heavy atom. The standard InChI is InChI=1S/C14H24N4O2/c1-4-15-14(16-8-12-6-5-7-19-12)17-9-13-18-10(2)11(3)20-13/h12H,4-9H2,1-3H3,(H2,15,16,17). The summed E-state index contributed by atoms with van der Waals surface area (Å²) >= 11 is 0. The van der Waals surface area contributed by atoms with Crippen LogP contribution in [0.25, 0.3) is 0 Å². The summed E-state index contributed by atoms with van der Waals surface area (Å²) in [6.45, 7) is 8.81. The summed E-state index contributed by atoms with van der Waals surface area (Å²) in [5.74, 6) is 2.28. The normalized spacial score (nSPS) is 19.4. The highest BCUT2D eigenvalue weighted by Gasteiger charge is 2.15. The van der Waals surface area contributed by atoms with Gasteiger partial charge >= 0.3 is 0 Å². The van der Waals surface area contributed by atoms with E-state index in [1.807, 2.05) is 20.8 Å². The quantitative estimate of drug-likeness (QED) is 0.632. The molecule has 0 aliphatic carbocycles. The fraction of sp³-hybridized carbons (Fsp3) is 0.714. The van der Waals surface area contributed by atoms with Gasteiger partial charge in [-0.25, -0.2) is 9.98 Å². The van der Waals surface area contributed by atoms with Crippen molar-refractivity contribution in [2.45, 2.75) is 46.3 Å². The number of rotatable bonds is 5. The Balaban J connectivity index is 1.87. The van der Waals surface area contributed by atoms with Crippen LogP contribution in [-0.4, -0.2) is 36.7 Å². The fourth-order valence-corrected chi connectivity index (χ4v) is 2.11. The van der Waals surface area contributed by atoms with Gasteiger partial charge in [-0.3, -0.25) is 0 Å². The molecule has 0 saturated carbocycles. The van der Waals surface area contributed by atoms with Crippen molar-refractivity contribution in [3.05, 3.63) is 17.3 Å². The molecule has 1 aromatic rings. The lowest BCUT2D eigenvalue weighted by Crippen LogP contribution is -2.41. The van der Waals surface area contributed by atoms with E-state index in [9.17, 15) is 0 Å². The van der Waals surface area contributed by atoms with Gasteiger partial charge in [-0.05, 0) is 33.6 Å². The molecular weight excluding hydrogens is 256 g/mol. The predicted octanol–water partition coefficient (Wildman–Crippen LogP) is 1.53. The number of ether oxygens (including phenoxy) is 1. The highest BCUT2D eigenvalue weighted by molar-refractivity contribution is 5.79. The van der Waals surface area contributed by atoms with Crippen LogP contribution in [0.5, 0.6) is 0 Å². The minimum absolute atomic E-state index is 0.296. The smallest absolute Gasteiger partial charge is 0.216 e. The summed E-state index contributed by atoms with van der Waals surface area (Å²) < 4.78 is 11.1. The second kappa shape index (κ2) is 7.28. The minimum atomic E-state index is 0.296. The Morgan fingerprint density at radius 1 is 1.40 bits per heavy atom. The topological polar surface area (TPSA) is 71.7 Å². The zero-order chi connectivity index (χ0) is 14.4. The van der Waals surface area contributed by atoms with Crippen LogP contribution in [0, 0.1) is 13.8 Å². The van der Waals surface area contributed by atoms with Gasteiger partial charge in [-0.2, -0.15) is 0 Å². The van der Waals surface area contributed by atoms with Gasteiger partial charge in [0.05, 0.1) is 11.8 Å². The van der Waals surface area contributed by atoms with E-state index in [1.54, 1.807) is 0 Å². The first-order valence-electron chi connectivity index (χ1n) is 7.25. The average Bonchev–Trinajstić information content (AvgIpc) is 3.04. The third-order valence-corrected chi connectivity index (χ3v) is 3.31. The van der Waals surface area contributed by atoms with Crippen molar-refractivity contribution < 1.29 is 9.15 Å². The van der Waals surface area contributed by atoms with Crippen LogP contribution in [0.1, 0.15) is 37.1 Å². The number of hydrogen-bond acceptors (Lipinski definition) is 4. The lowest BCUT2D eigenvalue weighted by Gasteiger charge is -2.14. The van der Waals surface area contributed by atoms with Crippen molar-refractivity contribution in [2.24, 2.45) is 4.99 Å². The summed E-state index contributed by atoms with van der Waals surface area (Å²) in [7, 11) is 0. The van der Waals surface area contributed by atoms with Crippen LogP contribution < -0.4 is 10.6 Å². The van der Waals surface area contributed by atoms with E-state index >= 15 is 0 Å². The molecule has 1 aromatic heterocycles. The van der Waals surface area contributed by atoms with E-state index < -0.39 is 0 Å². The molecule has 1 saturated heterocycles. The molecule has 1 aliphatic heterocycles. The van der Waals surface area contributed by atoms with Gasteiger partial charge in [0.2, 0.25) is 5.89 Å². The van der Waals surface area contributed by atoms with Crippen LogP contribution in [0.4, 0.5) is 0 Å². The summed E-state index contributed by atoms with van der Waals surface area (Å²) in [5.41, 5.74) is 0.924. The third-order valence-electron chi connectivity index (χ3n) is 3.31. The number of guanidine groups is 1. The van der Waals surface area contributed by atoms with Crippen molar-refractivity contribution in [3.8, 4) is 0 Å². The number of aliphatic imine (C=N–C) groups is 1. The predicted molar refractivity (Wildman–Crippen MR) is 77.8 cm³/mol. The Morgan fingerprint density at radius 2 is 2.25 bits per heavy atom. The molecule has 6 nitrogen and oxygen atoms in total. The molecule has 2 N–H and O–H groups in total. The summed E-state index contributed by atoms with van der Waals surface area (Å²) in [6.07, 6.45) is 2.56. The van der Waals surface area contributed by atoms with E-state index in [2.05, 4.69) is 20.6 Å². The van der Waals surface area contributed by atoms with E-state index in [1.165, 1.54) is 0 Å². The van der Waals surface area contributed by atoms with Crippen molar-refractivity contribution in [1.82, 2.24) is 15.6 Å². The van der Waals surface area contributed by atoms with Gasteiger partial charge in [0.25, 0.3) is 0 Å². The molecule has 0 spiro atoms. The molecule has 0 bridgehead atoms. The van der Waals surface area contributed by atoms with Crippen molar-refractivity contribution >= 4 is 5.96 Å². The largest absolute Gasteiger partial charge is 0.444 e. The average molecular weight is 280 g/mol. The Bertz CT molecular complexity index is 431. The Hall–Kier alpha value is -1.56. The first-order chi connectivity index (χ1) is 9.69. The van der Waals surface area contributed by atoms with Crippen LogP contribution in [0.15, 0.2) is 9.41 Å². The number of aromatic nitrogens is 1. The van der Waals surface area contributed by atoms with Gasteiger partial charge in [0, 0.05) is 19.7 Å². The number of nitrogens with one attached hydrogen (secondary N) is 2. The monoisotopic (exact) mass is 280 g/mol. The minimum Gasteiger partial charge on any atom is -0.444 e. The molecule has 1 fully saturated rings. The van der Waals surface area contributed by atoms with Crippen LogP contribution >= 0.6 is 0 Å². The van der Waals surface area contributed by atoms with Gasteiger partial charge in [-0.1, -0.05) is 0 Å². The summed E-state index contributed by atoms with van der Waals surface area (Å²) in [4.78, 5) is 8.81. The van der Waals surface area contributed by atoms with Gasteiger partial charge in [0.1, 0.15) is 12.3 Å². The van der Waals surface area contributed by atoms with Crippen molar-refractivity contribution in [1.29, 1.82) is 0 Å². The molecule has 2 heterocycles. The molecule has 20 heavy (non-hydrogen) atoms. The van der Waals surface area contributed by atoms with Crippen LogP contribution in [0.2, 0.25) is 0 Å². The summed E-state index contributed by atoms with van der Waals surface area (Å²) in [6, 6.07) is 0. The Labute approximate surface area is 120 Å². The van der Waals surface area contributed by atoms with Crippen molar-refractivity contribution in [2.75, 3.05) is 19.7 Å². The number of aryl methyl sites for hydroxylation is 2. The first-order valence-corrected chi connectivity index (χ1v) is 7.25. The second-order valence-corrected chi connectivity index (χ2v) is 4.96. The molecule has 2 rings (SSSR count).